The summed E-state index contributed by atoms with van der Waals surface area (Å²) in [5.41, 5.74) is 8.85. The van der Waals surface area contributed by atoms with Crippen molar-refractivity contribution < 1.29 is 9.90 Å². The van der Waals surface area contributed by atoms with Gasteiger partial charge in [0, 0.05) is 23.0 Å². The van der Waals surface area contributed by atoms with Crippen LogP contribution in [0.2, 0.25) is 0 Å². The molecule has 0 aliphatic carbocycles. The second kappa shape index (κ2) is 5.23. The number of nitrogens with two attached hydrogens (primary N) is 1. The number of carboxylic acids is 1. The molecule has 0 amide bonds. The Morgan fingerprint density at radius 1 is 1.44 bits per heavy atom. The maximum atomic E-state index is 10.9. The van der Waals surface area contributed by atoms with Gasteiger partial charge in [-0.05, 0) is 18.1 Å². The number of aryl methyl sites for hydroxylation is 1. The van der Waals surface area contributed by atoms with Crippen LogP contribution in [0, 0.1) is 0 Å². The Morgan fingerprint density at radius 2 is 2.17 bits per heavy atom. The topological polar surface area (TPSA) is 79.1 Å². The van der Waals surface area contributed by atoms with Crippen LogP contribution in [0.1, 0.15) is 24.6 Å². The average Bonchev–Trinajstić information content (AvgIpc) is 2.68. The molecule has 4 heteroatoms. The largest absolute Gasteiger partial charge is 0.480 e. The van der Waals surface area contributed by atoms with Gasteiger partial charge in [-0.1, -0.05) is 31.5 Å². The number of para-hydroxylation sites is 1. The molecule has 2 aromatic rings. The van der Waals surface area contributed by atoms with Crippen LogP contribution in [0.3, 0.4) is 0 Å². The molecule has 1 aromatic heterocycles. The summed E-state index contributed by atoms with van der Waals surface area (Å²) in [7, 11) is 0. The Labute approximate surface area is 106 Å². The minimum absolute atomic E-state index is 0.370. The van der Waals surface area contributed by atoms with Crippen molar-refractivity contribution in [2.75, 3.05) is 0 Å². The van der Waals surface area contributed by atoms with E-state index in [-0.39, 0.29) is 0 Å². The van der Waals surface area contributed by atoms with E-state index in [0.29, 0.717) is 6.42 Å². The van der Waals surface area contributed by atoms with Crippen molar-refractivity contribution >= 4 is 16.9 Å². The normalized spacial score (nSPS) is 12.8. The smallest absolute Gasteiger partial charge is 0.320 e. The van der Waals surface area contributed by atoms with Crippen LogP contribution >= 0.6 is 0 Å². The molecule has 0 aliphatic heterocycles. The van der Waals surface area contributed by atoms with E-state index in [1.54, 1.807) is 0 Å². The summed E-state index contributed by atoms with van der Waals surface area (Å²) >= 11 is 0. The van der Waals surface area contributed by atoms with Crippen LogP contribution in [0.4, 0.5) is 0 Å². The summed E-state index contributed by atoms with van der Waals surface area (Å²) < 4.78 is 0. The first-order chi connectivity index (χ1) is 8.63. The quantitative estimate of drug-likeness (QED) is 0.755. The van der Waals surface area contributed by atoms with Gasteiger partial charge in [0.05, 0.1) is 0 Å². The Kier molecular flexibility index (Phi) is 3.67. The highest BCUT2D eigenvalue weighted by molar-refractivity contribution is 5.85. The Hall–Kier alpha value is -1.81. The summed E-state index contributed by atoms with van der Waals surface area (Å²) in [4.78, 5) is 14.3. The van der Waals surface area contributed by atoms with Gasteiger partial charge in [0.1, 0.15) is 6.04 Å². The third-order valence-electron chi connectivity index (χ3n) is 3.14. The van der Waals surface area contributed by atoms with Crippen molar-refractivity contribution in [3.05, 3.63) is 35.5 Å². The van der Waals surface area contributed by atoms with Crippen LogP contribution in [0.25, 0.3) is 10.9 Å². The first-order valence-electron chi connectivity index (χ1n) is 6.20. The van der Waals surface area contributed by atoms with E-state index >= 15 is 0 Å². The van der Waals surface area contributed by atoms with Gasteiger partial charge >= 0.3 is 5.97 Å². The number of nitrogens with one attached hydrogen (secondary N) is 1. The zero-order chi connectivity index (χ0) is 13.1. The zero-order valence-electron chi connectivity index (χ0n) is 10.4. The second-order valence-electron chi connectivity index (χ2n) is 4.53. The standard InChI is InChI=1S/C14H18N2O2/c1-2-5-12-10(8-11(15)14(17)18)9-6-3-4-7-13(9)16-12/h3-4,6-7,11,16H,2,5,8,15H2,1H3,(H,17,18)/t11-/m0/s1. The lowest BCUT2D eigenvalue weighted by molar-refractivity contribution is -0.138. The van der Waals surface area contributed by atoms with Gasteiger partial charge in [0.25, 0.3) is 0 Å². The number of hydrogen-bond acceptors (Lipinski definition) is 2. The van der Waals surface area contributed by atoms with E-state index in [1.165, 1.54) is 0 Å². The van der Waals surface area contributed by atoms with E-state index < -0.39 is 12.0 Å². The van der Waals surface area contributed by atoms with Gasteiger partial charge in [-0.25, -0.2) is 0 Å². The van der Waals surface area contributed by atoms with Crippen molar-refractivity contribution in [3.63, 3.8) is 0 Å². The summed E-state index contributed by atoms with van der Waals surface area (Å²) in [5, 5.41) is 10.0. The van der Waals surface area contributed by atoms with Gasteiger partial charge in [-0.15, -0.1) is 0 Å². The number of H-pyrrole nitrogens is 1. The SMILES string of the molecule is CCCc1[nH]c2ccccc2c1C[C@H](N)C(=O)O. The Balaban J connectivity index is 2.44. The highest BCUT2D eigenvalue weighted by atomic mass is 16.4. The predicted octanol–water partition coefficient (Wildman–Crippen LogP) is 2.07. The minimum atomic E-state index is -0.956. The van der Waals surface area contributed by atoms with Crippen LogP contribution in [-0.4, -0.2) is 22.1 Å². The molecule has 0 fully saturated rings. The Morgan fingerprint density at radius 3 is 2.83 bits per heavy atom. The molecule has 0 bridgehead atoms. The van der Waals surface area contributed by atoms with Crippen molar-refractivity contribution in [2.24, 2.45) is 5.73 Å². The fourth-order valence-electron chi connectivity index (χ4n) is 2.26. The molecular formula is C14H18N2O2. The molecule has 0 aliphatic rings. The third kappa shape index (κ3) is 2.38. The molecule has 18 heavy (non-hydrogen) atoms. The molecule has 0 unspecified atom stereocenters. The molecule has 0 spiro atoms. The summed E-state index contributed by atoms with van der Waals surface area (Å²) in [5.74, 6) is -0.956. The van der Waals surface area contributed by atoms with E-state index in [0.717, 1.165) is 35.0 Å². The predicted molar refractivity (Wildman–Crippen MR) is 71.6 cm³/mol. The van der Waals surface area contributed by atoms with Crippen molar-refractivity contribution in [1.29, 1.82) is 0 Å². The second-order valence-corrected chi connectivity index (χ2v) is 4.53. The lowest BCUT2D eigenvalue weighted by Gasteiger charge is -2.08. The molecule has 0 saturated heterocycles. The maximum absolute atomic E-state index is 10.9. The minimum Gasteiger partial charge on any atom is -0.480 e. The maximum Gasteiger partial charge on any atom is 0.320 e. The summed E-state index contributed by atoms with van der Waals surface area (Å²) in [6.07, 6.45) is 2.30. The molecular weight excluding hydrogens is 228 g/mol. The van der Waals surface area contributed by atoms with Crippen LogP contribution in [0.15, 0.2) is 24.3 Å². The monoisotopic (exact) mass is 246 g/mol. The highest BCUT2D eigenvalue weighted by Gasteiger charge is 2.18. The zero-order valence-corrected chi connectivity index (χ0v) is 10.4. The molecule has 96 valence electrons. The number of aromatic amines is 1. The van der Waals surface area contributed by atoms with Gasteiger partial charge in [0.15, 0.2) is 0 Å². The lowest BCUT2D eigenvalue weighted by atomic mass is 10.0. The first kappa shape index (κ1) is 12.6. The van der Waals surface area contributed by atoms with Crippen molar-refractivity contribution in [3.8, 4) is 0 Å². The molecule has 4 nitrogen and oxygen atoms in total. The number of benzene rings is 1. The van der Waals surface area contributed by atoms with E-state index in [1.807, 2.05) is 24.3 Å². The molecule has 1 heterocycles. The fourth-order valence-corrected chi connectivity index (χ4v) is 2.26. The molecule has 2 rings (SSSR count). The Bertz CT molecular complexity index is 560. The molecule has 0 radical (unpaired) electrons. The van der Waals surface area contributed by atoms with E-state index in [4.69, 9.17) is 10.8 Å². The third-order valence-corrected chi connectivity index (χ3v) is 3.14. The van der Waals surface area contributed by atoms with Crippen LogP contribution < -0.4 is 5.73 Å². The molecule has 0 saturated carbocycles. The van der Waals surface area contributed by atoms with Gasteiger partial charge in [-0.3, -0.25) is 4.79 Å². The van der Waals surface area contributed by atoms with Crippen LogP contribution in [-0.2, 0) is 17.6 Å². The van der Waals surface area contributed by atoms with Crippen molar-refractivity contribution in [2.45, 2.75) is 32.2 Å². The summed E-state index contributed by atoms with van der Waals surface area (Å²) in [6, 6.07) is 7.09. The van der Waals surface area contributed by atoms with E-state index in [9.17, 15) is 4.79 Å². The summed E-state index contributed by atoms with van der Waals surface area (Å²) in [6.45, 7) is 2.10. The molecule has 1 atom stereocenters. The number of hydrogen-bond donors (Lipinski definition) is 3. The van der Waals surface area contributed by atoms with Gasteiger partial charge in [0.2, 0.25) is 0 Å². The number of rotatable bonds is 5. The van der Waals surface area contributed by atoms with Crippen LogP contribution in [0.5, 0.6) is 0 Å². The van der Waals surface area contributed by atoms with Gasteiger partial charge in [-0.2, -0.15) is 0 Å². The number of carbonyl (C=O) groups is 1. The lowest BCUT2D eigenvalue weighted by Crippen LogP contribution is -2.32. The first-order valence-corrected chi connectivity index (χ1v) is 6.20. The number of fused-ring (bicyclic) bond motifs is 1. The van der Waals surface area contributed by atoms with Gasteiger partial charge < -0.3 is 15.8 Å². The van der Waals surface area contributed by atoms with E-state index in [2.05, 4.69) is 11.9 Å². The van der Waals surface area contributed by atoms with Crippen molar-refractivity contribution in [1.82, 2.24) is 4.98 Å². The molecule has 1 aromatic carbocycles. The number of aliphatic carboxylic acids is 1. The highest BCUT2D eigenvalue weighted by Crippen LogP contribution is 2.24. The number of aromatic nitrogens is 1. The average molecular weight is 246 g/mol. The fraction of sp³-hybridized carbons (Fsp3) is 0.357. The number of carboxylic acid groups (broad SMARTS) is 1. The molecule has 4 N–H and O–H groups in total.